The standard InChI is InChI=1S/C9H5Cl3O8S/c10-9(11,12)8(16)20-4-2-1-3(7(14)15)5(13)6(4)21(17,18)19/h1-2,13H,(H,14,15)(H,17,18,19). The summed E-state index contributed by atoms with van der Waals surface area (Å²) >= 11 is 15.6. The van der Waals surface area contributed by atoms with Gasteiger partial charge in [-0.2, -0.15) is 8.42 Å². The topological polar surface area (TPSA) is 138 Å². The van der Waals surface area contributed by atoms with E-state index in [0.29, 0.717) is 6.07 Å². The van der Waals surface area contributed by atoms with E-state index in [1.165, 1.54) is 0 Å². The lowest BCUT2D eigenvalue weighted by Crippen LogP contribution is -2.25. The molecule has 21 heavy (non-hydrogen) atoms. The van der Waals surface area contributed by atoms with Crippen molar-refractivity contribution < 1.29 is 37.5 Å². The first-order valence-electron chi connectivity index (χ1n) is 4.71. The van der Waals surface area contributed by atoms with Crippen molar-refractivity contribution in [2.24, 2.45) is 0 Å². The van der Waals surface area contributed by atoms with Gasteiger partial charge in [0.25, 0.3) is 3.79 Å². The van der Waals surface area contributed by atoms with Gasteiger partial charge in [-0.25, -0.2) is 9.59 Å². The van der Waals surface area contributed by atoms with Crippen LogP contribution in [-0.2, 0) is 14.9 Å². The van der Waals surface area contributed by atoms with Crippen molar-refractivity contribution >= 4 is 56.9 Å². The first kappa shape index (κ1) is 17.8. The number of carboxylic acids is 1. The first-order valence-corrected chi connectivity index (χ1v) is 7.29. The summed E-state index contributed by atoms with van der Waals surface area (Å²) in [4.78, 5) is 20.8. The average molecular weight is 380 g/mol. The van der Waals surface area contributed by atoms with E-state index >= 15 is 0 Å². The largest absolute Gasteiger partial charge is 0.505 e. The van der Waals surface area contributed by atoms with Gasteiger partial charge in [0.2, 0.25) is 0 Å². The molecule has 0 unspecified atom stereocenters. The molecule has 116 valence electrons. The number of benzene rings is 1. The van der Waals surface area contributed by atoms with Gasteiger partial charge in [-0.1, -0.05) is 34.8 Å². The summed E-state index contributed by atoms with van der Waals surface area (Å²) in [6.45, 7) is 0. The minimum absolute atomic E-state index is 0.695. The maximum atomic E-state index is 11.4. The molecule has 1 aromatic carbocycles. The molecule has 0 saturated heterocycles. The van der Waals surface area contributed by atoms with E-state index < -0.39 is 47.8 Å². The van der Waals surface area contributed by atoms with Gasteiger partial charge in [-0.3, -0.25) is 4.55 Å². The summed E-state index contributed by atoms with van der Waals surface area (Å²) in [5, 5.41) is 18.3. The summed E-state index contributed by atoms with van der Waals surface area (Å²) in [7, 11) is -5.13. The molecule has 3 N–H and O–H groups in total. The molecule has 0 amide bonds. The van der Waals surface area contributed by atoms with Crippen molar-refractivity contribution in [2.75, 3.05) is 0 Å². The van der Waals surface area contributed by atoms with E-state index in [0.717, 1.165) is 6.07 Å². The minimum Gasteiger partial charge on any atom is -0.505 e. The van der Waals surface area contributed by atoms with Crippen LogP contribution in [0.5, 0.6) is 11.5 Å². The van der Waals surface area contributed by atoms with Crippen LogP contribution in [0.25, 0.3) is 0 Å². The summed E-state index contributed by atoms with van der Waals surface area (Å²) in [5.41, 5.74) is -0.851. The third-order valence-corrected chi connectivity index (χ3v) is 3.39. The predicted molar refractivity (Wildman–Crippen MR) is 70.8 cm³/mol. The van der Waals surface area contributed by atoms with Gasteiger partial charge in [-0.15, -0.1) is 0 Å². The highest BCUT2D eigenvalue weighted by Crippen LogP contribution is 2.37. The lowest BCUT2D eigenvalue weighted by atomic mass is 10.2. The molecule has 12 heteroatoms. The number of phenols is 1. The molecule has 8 nitrogen and oxygen atoms in total. The highest BCUT2D eigenvalue weighted by molar-refractivity contribution is 7.86. The number of esters is 1. The van der Waals surface area contributed by atoms with E-state index in [1.807, 2.05) is 0 Å². The molecule has 0 spiro atoms. The van der Waals surface area contributed by atoms with Crippen LogP contribution < -0.4 is 4.74 Å². The molecular weight excluding hydrogens is 375 g/mol. The molecule has 0 atom stereocenters. The Bertz CT molecular complexity index is 706. The second-order valence-corrected chi connectivity index (χ2v) is 7.10. The Hall–Kier alpha value is -1.26. The third kappa shape index (κ3) is 4.11. The first-order chi connectivity index (χ1) is 9.35. The maximum Gasteiger partial charge on any atom is 0.363 e. The molecule has 1 aromatic rings. The number of carbonyl (C=O) groups excluding carboxylic acids is 1. The highest BCUT2D eigenvalue weighted by atomic mass is 35.6. The van der Waals surface area contributed by atoms with Crippen LogP contribution in [0.2, 0.25) is 0 Å². The molecule has 0 aromatic heterocycles. The lowest BCUT2D eigenvalue weighted by Gasteiger charge is -2.14. The maximum absolute atomic E-state index is 11.4. The van der Waals surface area contributed by atoms with Gasteiger partial charge in [0, 0.05) is 0 Å². The molecule has 0 aliphatic rings. The number of aromatic hydroxyl groups is 1. The zero-order chi connectivity index (χ0) is 16.6. The number of rotatable bonds is 3. The predicted octanol–water partition coefficient (Wildman–Crippen LogP) is 1.61. The second kappa shape index (κ2) is 5.85. The molecule has 0 saturated carbocycles. The summed E-state index contributed by atoms with van der Waals surface area (Å²) in [6.07, 6.45) is 0. The SMILES string of the molecule is O=C(O)c1ccc(OC(=O)C(Cl)(Cl)Cl)c(S(=O)(=O)O)c1O. The lowest BCUT2D eigenvalue weighted by molar-refractivity contribution is -0.133. The Morgan fingerprint density at radius 3 is 2.10 bits per heavy atom. The van der Waals surface area contributed by atoms with Crippen molar-refractivity contribution in [3.8, 4) is 11.5 Å². The smallest absolute Gasteiger partial charge is 0.363 e. The van der Waals surface area contributed by atoms with Crippen LogP contribution in [0.15, 0.2) is 17.0 Å². The zero-order valence-electron chi connectivity index (χ0n) is 9.58. The van der Waals surface area contributed by atoms with Gasteiger partial charge in [0.15, 0.2) is 16.4 Å². The van der Waals surface area contributed by atoms with E-state index in [9.17, 15) is 23.1 Å². The van der Waals surface area contributed by atoms with E-state index in [1.54, 1.807) is 0 Å². The van der Waals surface area contributed by atoms with Gasteiger partial charge in [-0.05, 0) is 12.1 Å². The summed E-state index contributed by atoms with van der Waals surface area (Å²) < 4.78 is 33.3. The average Bonchev–Trinajstić information content (AvgIpc) is 2.25. The molecule has 0 fully saturated rings. The van der Waals surface area contributed by atoms with Crippen LogP contribution in [0.1, 0.15) is 10.4 Å². The molecule has 1 rings (SSSR count). The second-order valence-electron chi connectivity index (χ2n) is 3.46. The minimum atomic E-state index is -5.13. The Balaban J connectivity index is 3.52. The quantitative estimate of drug-likeness (QED) is 0.312. The van der Waals surface area contributed by atoms with Gasteiger partial charge >= 0.3 is 22.1 Å². The van der Waals surface area contributed by atoms with Crippen LogP contribution in [0.3, 0.4) is 0 Å². The molecular formula is C9H5Cl3O8S. The fraction of sp³-hybridized carbons (Fsp3) is 0.111. The van der Waals surface area contributed by atoms with Crippen LogP contribution >= 0.6 is 34.8 Å². The normalized spacial score (nSPS) is 12.0. The Morgan fingerprint density at radius 2 is 1.71 bits per heavy atom. The van der Waals surface area contributed by atoms with E-state index in [4.69, 9.17) is 44.5 Å². The highest BCUT2D eigenvalue weighted by Gasteiger charge is 2.36. The van der Waals surface area contributed by atoms with Gasteiger partial charge in [0.1, 0.15) is 5.56 Å². The zero-order valence-corrected chi connectivity index (χ0v) is 12.7. The van der Waals surface area contributed by atoms with Crippen LogP contribution in [0.4, 0.5) is 0 Å². The molecule has 0 aliphatic carbocycles. The van der Waals surface area contributed by atoms with Crippen molar-refractivity contribution in [3.05, 3.63) is 17.7 Å². The summed E-state index contributed by atoms with van der Waals surface area (Å²) in [6, 6.07) is 1.42. The number of carbonyl (C=O) groups is 2. The van der Waals surface area contributed by atoms with Crippen molar-refractivity contribution in [3.63, 3.8) is 0 Å². The van der Waals surface area contributed by atoms with Crippen LogP contribution in [-0.4, -0.2) is 38.9 Å². The number of carboxylic acid groups (broad SMARTS) is 1. The Kier molecular flexibility index (Phi) is 4.96. The number of alkyl halides is 3. The molecule has 0 aliphatic heterocycles. The van der Waals surface area contributed by atoms with E-state index in [2.05, 4.69) is 4.74 Å². The van der Waals surface area contributed by atoms with Gasteiger partial charge in [0.05, 0.1) is 0 Å². The van der Waals surface area contributed by atoms with Gasteiger partial charge < -0.3 is 14.9 Å². The molecule has 0 radical (unpaired) electrons. The number of halogens is 3. The number of hydrogen-bond donors (Lipinski definition) is 3. The van der Waals surface area contributed by atoms with Crippen molar-refractivity contribution in [2.45, 2.75) is 8.69 Å². The van der Waals surface area contributed by atoms with Crippen LogP contribution in [0, 0.1) is 0 Å². The monoisotopic (exact) mass is 378 g/mol. The number of hydrogen-bond acceptors (Lipinski definition) is 6. The molecule has 0 bridgehead atoms. The van der Waals surface area contributed by atoms with Crippen molar-refractivity contribution in [1.82, 2.24) is 0 Å². The fourth-order valence-corrected chi connectivity index (χ4v) is 2.05. The fourth-order valence-electron chi connectivity index (χ4n) is 1.21. The number of aromatic carboxylic acids is 1. The third-order valence-electron chi connectivity index (χ3n) is 2.02. The van der Waals surface area contributed by atoms with Crippen molar-refractivity contribution in [1.29, 1.82) is 0 Å². The Morgan fingerprint density at radius 1 is 1.19 bits per heavy atom. The summed E-state index contributed by atoms with van der Waals surface area (Å²) in [5.74, 6) is -5.45. The molecule has 0 heterocycles. The van der Waals surface area contributed by atoms with E-state index in [-0.39, 0.29) is 0 Å². The number of ether oxygens (including phenoxy) is 1. The Labute approximate surface area is 132 Å².